The molecule has 51 heavy (non-hydrogen) atoms. The second-order valence-electron chi connectivity index (χ2n) is 15.1. The molecule has 0 N–H and O–H groups in total. The lowest BCUT2D eigenvalue weighted by Gasteiger charge is -2.39. The standard InChI is InChI=1S/C48H35BO2/c1-24-19-26(3)47(27(4)20-24)50-39-17-15-32-35-12-8-11-34-31-10-7-9-30-13-14-36-33-16-18-40(51-48-28(5)21-25(2)22-29(48)6)38-23-37(39)42(32)46(43(33)38)49(44(34)35)45(36)41(30)31/h7-23H,1-6H3. The Balaban J connectivity index is 1.30. The summed E-state index contributed by atoms with van der Waals surface area (Å²) in [5.74, 6) is 3.61. The van der Waals surface area contributed by atoms with Crippen LogP contribution in [0.2, 0.25) is 0 Å². The minimum atomic E-state index is 0.104. The van der Waals surface area contributed by atoms with Crippen molar-refractivity contribution in [1.29, 1.82) is 0 Å². The van der Waals surface area contributed by atoms with Crippen LogP contribution < -0.4 is 25.9 Å². The van der Waals surface area contributed by atoms with E-state index >= 15 is 0 Å². The largest absolute Gasteiger partial charge is 0.456 e. The van der Waals surface area contributed by atoms with Crippen LogP contribution in [0, 0.1) is 41.5 Å². The van der Waals surface area contributed by atoms with Crippen LogP contribution in [-0.4, -0.2) is 6.71 Å². The minimum Gasteiger partial charge on any atom is -0.456 e. The van der Waals surface area contributed by atoms with Crippen molar-refractivity contribution < 1.29 is 9.47 Å². The van der Waals surface area contributed by atoms with Gasteiger partial charge in [0.25, 0.3) is 0 Å². The molecule has 3 heteroatoms. The van der Waals surface area contributed by atoms with Gasteiger partial charge in [0, 0.05) is 10.8 Å². The van der Waals surface area contributed by atoms with Crippen LogP contribution in [0.3, 0.4) is 0 Å². The molecule has 0 amide bonds. The van der Waals surface area contributed by atoms with E-state index in [1.807, 2.05) is 0 Å². The van der Waals surface area contributed by atoms with E-state index in [9.17, 15) is 0 Å². The molecule has 8 aromatic rings. The summed E-state index contributed by atoms with van der Waals surface area (Å²) >= 11 is 0. The topological polar surface area (TPSA) is 18.5 Å². The Morgan fingerprint density at radius 2 is 0.843 bits per heavy atom. The van der Waals surface area contributed by atoms with Gasteiger partial charge in [-0.05, 0) is 137 Å². The highest BCUT2D eigenvalue weighted by atomic mass is 16.5. The second-order valence-corrected chi connectivity index (χ2v) is 15.1. The maximum absolute atomic E-state index is 7.02. The summed E-state index contributed by atoms with van der Waals surface area (Å²) < 4.78 is 14.0. The van der Waals surface area contributed by atoms with Gasteiger partial charge in [-0.3, -0.25) is 0 Å². The lowest BCUT2D eigenvalue weighted by atomic mass is 9.28. The van der Waals surface area contributed by atoms with E-state index in [1.165, 1.54) is 82.4 Å². The van der Waals surface area contributed by atoms with E-state index in [2.05, 4.69) is 145 Å². The fourth-order valence-corrected chi connectivity index (χ4v) is 10.1. The SMILES string of the molecule is Cc1cc(C)c(Oc2ccc3c4c5c6c(ccc(Oc7c(C)cc(C)cc7C)c6cc24)-c2ccc4cccc6c4c2B5c2c-6cccc2-3)c(C)c1. The highest BCUT2D eigenvalue weighted by molar-refractivity contribution is 7.04. The first-order valence-corrected chi connectivity index (χ1v) is 18.0. The normalized spacial score (nSPS) is 12.9. The summed E-state index contributed by atoms with van der Waals surface area (Å²) in [4.78, 5) is 0. The Kier molecular flexibility index (Phi) is 5.64. The van der Waals surface area contributed by atoms with Gasteiger partial charge in [0.15, 0.2) is 0 Å². The molecule has 0 atom stereocenters. The Labute approximate surface area is 298 Å². The predicted octanol–water partition coefficient (Wildman–Crippen LogP) is 11.0. The molecule has 2 nitrogen and oxygen atoms in total. The van der Waals surface area contributed by atoms with Gasteiger partial charge >= 0.3 is 0 Å². The van der Waals surface area contributed by atoms with Crippen LogP contribution in [0.1, 0.15) is 33.4 Å². The van der Waals surface area contributed by atoms with Crippen molar-refractivity contribution in [3.05, 3.63) is 137 Å². The maximum atomic E-state index is 7.02. The van der Waals surface area contributed by atoms with Crippen LogP contribution >= 0.6 is 0 Å². The quantitative estimate of drug-likeness (QED) is 0.139. The Hall–Kier alpha value is -5.80. The van der Waals surface area contributed by atoms with E-state index in [1.54, 1.807) is 0 Å². The molecule has 0 radical (unpaired) electrons. The number of rotatable bonds is 4. The highest BCUT2D eigenvalue weighted by Gasteiger charge is 2.44. The summed E-state index contributed by atoms with van der Waals surface area (Å²) in [5.41, 5.74) is 19.2. The average molecular weight is 655 g/mol. The molecular weight excluding hydrogens is 619 g/mol. The molecule has 11 rings (SSSR count). The van der Waals surface area contributed by atoms with Gasteiger partial charge in [0.05, 0.1) is 0 Å². The van der Waals surface area contributed by atoms with E-state index in [0.717, 1.165) is 56.0 Å². The molecule has 0 bridgehead atoms. The van der Waals surface area contributed by atoms with Crippen molar-refractivity contribution >= 4 is 55.4 Å². The van der Waals surface area contributed by atoms with Gasteiger partial charge in [-0.1, -0.05) is 112 Å². The van der Waals surface area contributed by atoms with Crippen molar-refractivity contribution in [3.63, 3.8) is 0 Å². The van der Waals surface area contributed by atoms with Crippen molar-refractivity contribution in [2.45, 2.75) is 41.5 Å². The zero-order chi connectivity index (χ0) is 34.4. The average Bonchev–Trinajstić information content (AvgIpc) is 3.11. The van der Waals surface area contributed by atoms with E-state index in [4.69, 9.17) is 9.47 Å². The fraction of sp³-hybridized carbons (Fsp3) is 0.125. The first kappa shape index (κ1) is 29.0. The first-order valence-electron chi connectivity index (χ1n) is 18.0. The molecule has 8 aromatic carbocycles. The molecular formula is C48H35BO2. The second kappa shape index (κ2) is 9.92. The van der Waals surface area contributed by atoms with Gasteiger partial charge in [-0.15, -0.1) is 0 Å². The number of benzene rings is 8. The summed E-state index contributed by atoms with van der Waals surface area (Å²) in [6.07, 6.45) is 0. The maximum Gasteiger partial charge on any atom is 0.246 e. The van der Waals surface area contributed by atoms with Crippen LogP contribution in [0.25, 0.3) is 65.7 Å². The molecule has 0 saturated carbocycles. The Morgan fingerprint density at radius 1 is 0.392 bits per heavy atom. The molecule has 3 aliphatic rings. The van der Waals surface area contributed by atoms with Gasteiger partial charge < -0.3 is 9.47 Å². The summed E-state index contributed by atoms with van der Waals surface area (Å²) in [5, 5.41) is 7.51. The molecule has 0 spiro atoms. The monoisotopic (exact) mass is 654 g/mol. The van der Waals surface area contributed by atoms with Crippen molar-refractivity contribution in [2.75, 3.05) is 0 Å². The van der Waals surface area contributed by atoms with Crippen LogP contribution in [0.5, 0.6) is 23.0 Å². The number of ether oxygens (including phenoxy) is 2. The third-order valence-corrected chi connectivity index (χ3v) is 11.8. The number of aryl methyl sites for hydroxylation is 6. The summed E-state index contributed by atoms with van der Waals surface area (Å²) in [6.45, 7) is 13.0. The van der Waals surface area contributed by atoms with E-state index in [0.29, 0.717) is 0 Å². The predicted molar refractivity (Wildman–Crippen MR) is 215 cm³/mol. The summed E-state index contributed by atoms with van der Waals surface area (Å²) in [7, 11) is 0. The number of fused-ring (bicyclic) bond motifs is 3. The Morgan fingerprint density at radius 3 is 1.39 bits per heavy atom. The van der Waals surface area contributed by atoms with Gasteiger partial charge in [-0.2, -0.15) is 0 Å². The first-order chi connectivity index (χ1) is 24.8. The molecule has 3 aliphatic heterocycles. The lowest BCUT2D eigenvalue weighted by Crippen LogP contribution is -2.59. The zero-order valence-corrected chi connectivity index (χ0v) is 29.7. The molecule has 0 fully saturated rings. The molecule has 0 unspecified atom stereocenters. The van der Waals surface area contributed by atoms with Crippen LogP contribution in [0.4, 0.5) is 0 Å². The Bertz CT molecular complexity index is 2890. The zero-order valence-electron chi connectivity index (χ0n) is 29.7. The van der Waals surface area contributed by atoms with Gasteiger partial charge in [0.1, 0.15) is 23.0 Å². The fourth-order valence-electron chi connectivity index (χ4n) is 10.1. The lowest BCUT2D eigenvalue weighted by molar-refractivity contribution is 0.479. The van der Waals surface area contributed by atoms with Crippen molar-refractivity contribution in [2.24, 2.45) is 0 Å². The number of hydrogen-bond acceptors (Lipinski definition) is 2. The molecule has 242 valence electrons. The smallest absolute Gasteiger partial charge is 0.246 e. The molecule has 0 saturated heterocycles. The number of hydrogen-bond donors (Lipinski definition) is 0. The molecule has 0 aromatic heterocycles. The molecule has 3 heterocycles. The molecule has 0 aliphatic carbocycles. The minimum absolute atomic E-state index is 0.104. The van der Waals surface area contributed by atoms with Crippen molar-refractivity contribution in [1.82, 2.24) is 0 Å². The van der Waals surface area contributed by atoms with E-state index < -0.39 is 0 Å². The third-order valence-electron chi connectivity index (χ3n) is 11.8. The van der Waals surface area contributed by atoms with Crippen molar-refractivity contribution in [3.8, 4) is 56.4 Å². The van der Waals surface area contributed by atoms with Crippen LogP contribution in [-0.2, 0) is 0 Å². The van der Waals surface area contributed by atoms with Gasteiger partial charge in [-0.25, -0.2) is 0 Å². The van der Waals surface area contributed by atoms with E-state index in [-0.39, 0.29) is 6.71 Å². The third kappa shape index (κ3) is 3.73. The van der Waals surface area contributed by atoms with Gasteiger partial charge in [0.2, 0.25) is 6.71 Å². The highest BCUT2D eigenvalue weighted by Crippen LogP contribution is 2.49. The summed E-state index contributed by atoms with van der Waals surface area (Å²) in [6, 6.07) is 38.6. The van der Waals surface area contributed by atoms with Crippen LogP contribution in [0.15, 0.2) is 103 Å².